The highest BCUT2D eigenvalue weighted by Crippen LogP contribution is 2.41. The second-order valence-electron chi connectivity index (χ2n) is 8.52. The van der Waals surface area contributed by atoms with Gasteiger partial charge in [0.25, 0.3) is 5.91 Å². The number of para-hydroxylation sites is 1. The maximum absolute atomic E-state index is 13.1. The van der Waals surface area contributed by atoms with E-state index in [1.165, 1.54) is 6.92 Å². The molecule has 0 bridgehead atoms. The van der Waals surface area contributed by atoms with Crippen molar-refractivity contribution in [3.63, 3.8) is 0 Å². The number of hydrogen-bond acceptors (Lipinski definition) is 5. The Morgan fingerprint density at radius 2 is 1.93 bits per heavy atom. The number of hydrogen-bond donors (Lipinski definition) is 2. The van der Waals surface area contributed by atoms with E-state index in [2.05, 4.69) is 31.6 Å². The van der Waals surface area contributed by atoms with Crippen molar-refractivity contribution in [2.45, 2.75) is 53.4 Å². The van der Waals surface area contributed by atoms with E-state index in [4.69, 9.17) is 9.72 Å². The Labute approximate surface area is 176 Å². The second kappa shape index (κ2) is 8.81. The molecular weight excluding hydrogens is 382 g/mol. The predicted octanol–water partition coefficient (Wildman–Crippen LogP) is 3.10. The number of aromatic nitrogens is 1. The summed E-state index contributed by atoms with van der Waals surface area (Å²) in [5, 5.41) is 0.735. The molecule has 2 aromatic rings. The van der Waals surface area contributed by atoms with Gasteiger partial charge < -0.3 is 4.74 Å². The van der Waals surface area contributed by atoms with Crippen molar-refractivity contribution in [2.24, 2.45) is 11.3 Å². The minimum absolute atomic E-state index is 0.156. The molecule has 1 aliphatic carbocycles. The highest BCUT2D eigenvalue weighted by molar-refractivity contribution is 6.05. The number of hydrazine groups is 1. The molecule has 1 aromatic heterocycles. The molecule has 0 saturated carbocycles. The number of nitrogens with zero attached hydrogens (tertiary/aromatic N) is 1. The van der Waals surface area contributed by atoms with Crippen LogP contribution in [-0.4, -0.2) is 29.4 Å². The van der Waals surface area contributed by atoms with Crippen LogP contribution in [0, 0.1) is 11.3 Å². The summed E-state index contributed by atoms with van der Waals surface area (Å²) in [6.07, 6.45) is 3.66. The average molecular weight is 412 g/mol. The molecule has 0 radical (unpaired) electrons. The lowest BCUT2D eigenvalue weighted by Gasteiger charge is -2.37. The molecular formula is C23H29N3O4. The number of nitrogens with one attached hydrogen (secondary N) is 2. The van der Waals surface area contributed by atoms with Crippen LogP contribution < -0.4 is 10.9 Å². The first-order chi connectivity index (χ1) is 14.2. The molecule has 2 amide bonds. The lowest BCUT2D eigenvalue weighted by Crippen LogP contribution is -2.42. The molecule has 0 saturated heterocycles. The average Bonchev–Trinajstić information content (AvgIpc) is 2.73. The Kier molecular flexibility index (Phi) is 6.39. The van der Waals surface area contributed by atoms with Crippen LogP contribution in [0.25, 0.3) is 10.9 Å². The van der Waals surface area contributed by atoms with E-state index in [-0.39, 0.29) is 5.41 Å². The van der Waals surface area contributed by atoms with E-state index in [1.54, 1.807) is 0 Å². The van der Waals surface area contributed by atoms with E-state index in [9.17, 15) is 14.4 Å². The molecule has 3 rings (SSSR count). The smallest absolute Gasteiger partial charge is 0.339 e. The van der Waals surface area contributed by atoms with Crippen molar-refractivity contribution >= 4 is 28.7 Å². The number of esters is 1. The SMILES string of the molecule is CCC(C)(C)[C@H]1CCc2nc3ccccc3c(C(=O)OCC(=O)NNC(C)=O)c2C1. The van der Waals surface area contributed by atoms with Crippen LogP contribution in [0.4, 0.5) is 0 Å². The number of carbonyl (C=O) groups excluding carboxylic acids is 3. The fourth-order valence-electron chi connectivity index (χ4n) is 3.97. The third-order valence-corrected chi connectivity index (χ3v) is 6.19. The van der Waals surface area contributed by atoms with Gasteiger partial charge in [-0.3, -0.25) is 25.4 Å². The second-order valence-corrected chi connectivity index (χ2v) is 8.52. The van der Waals surface area contributed by atoms with Gasteiger partial charge in [0.1, 0.15) is 0 Å². The topological polar surface area (TPSA) is 97.4 Å². The van der Waals surface area contributed by atoms with Crippen LogP contribution in [0.5, 0.6) is 0 Å². The molecule has 30 heavy (non-hydrogen) atoms. The summed E-state index contributed by atoms with van der Waals surface area (Å²) < 4.78 is 5.31. The lowest BCUT2D eigenvalue weighted by molar-refractivity contribution is -0.129. The molecule has 160 valence electrons. The quantitative estimate of drug-likeness (QED) is 0.582. The van der Waals surface area contributed by atoms with Gasteiger partial charge in [-0.2, -0.15) is 0 Å². The van der Waals surface area contributed by atoms with Crippen molar-refractivity contribution in [1.29, 1.82) is 0 Å². The molecule has 1 atom stereocenters. The number of ether oxygens (including phenoxy) is 1. The van der Waals surface area contributed by atoms with Crippen molar-refractivity contribution in [1.82, 2.24) is 15.8 Å². The van der Waals surface area contributed by atoms with Crippen LogP contribution in [0.2, 0.25) is 0 Å². The van der Waals surface area contributed by atoms with Gasteiger partial charge in [0.2, 0.25) is 5.91 Å². The van der Waals surface area contributed by atoms with Gasteiger partial charge in [-0.25, -0.2) is 4.79 Å². The van der Waals surface area contributed by atoms with Gasteiger partial charge in [-0.15, -0.1) is 0 Å². The van der Waals surface area contributed by atoms with Crippen LogP contribution >= 0.6 is 0 Å². The van der Waals surface area contributed by atoms with Gasteiger partial charge >= 0.3 is 5.97 Å². The monoisotopic (exact) mass is 411 g/mol. The summed E-state index contributed by atoms with van der Waals surface area (Å²) in [4.78, 5) is 40.6. The zero-order valence-electron chi connectivity index (χ0n) is 18.0. The standard InChI is InChI=1S/C23H29N3O4/c1-5-23(3,4)15-10-11-19-17(12-15)21(16-8-6-7-9-18(16)24-19)22(29)30-13-20(28)26-25-14(2)27/h6-9,15H,5,10-13H2,1-4H3,(H,25,27)(H,26,28)/t15-/m0/s1. The number of carbonyl (C=O) groups is 3. The summed E-state index contributed by atoms with van der Waals surface area (Å²) in [5.74, 6) is -1.12. The Morgan fingerprint density at radius 1 is 1.20 bits per heavy atom. The van der Waals surface area contributed by atoms with Crippen molar-refractivity contribution in [3.8, 4) is 0 Å². The number of pyridine rings is 1. The zero-order chi connectivity index (χ0) is 21.9. The first-order valence-corrected chi connectivity index (χ1v) is 10.4. The summed E-state index contributed by atoms with van der Waals surface area (Å²) in [7, 11) is 0. The molecule has 7 nitrogen and oxygen atoms in total. The van der Waals surface area contributed by atoms with Gasteiger partial charge in [-0.1, -0.05) is 45.4 Å². The molecule has 0 aliphatic heterocycles. The van der Waals surface area contributed by atoms with Crippen molar-refractivity contribution < 1.29 is 19.1 Å². The van der Waals surface area contributed by atoms with Crippen molar-refractivity contribution in [3.05, 3.63) is 41.1 Å². The van der Waals surface area contributed by atoms with Crippen LogP contribution in [0.3, 0.4) is 0 Å². The molecule has 1 heterocycles. The molecule has 0 fully saturated rings. The predicted molar refractivity (Wildman–Crippen MR) is 114 cm³/mol. The normalized spacial score (nSPS) is 15.9. The highest BCUT2D eigenvalue weighted by Gasteiger charge is 2.34. The minimum Gasteiger partial charge on any atom is -0.452 e. The third-order valence-electron chi connectivity index (χ3n) is 6.19. The van der Waals surface area contributed by atoms with Crippen molar-refractivity contribution in [2.75, 3.05) is 6.61 Å². The van der Waals surface area contributed by atoms with E-state index in [0.29, 0.717) is 11.5 Å². The molecule has 0 spiro atoms. The van der Waals surface area contributed by atoms with Crippen LogP contribution in [0.15, 0.2) is 24.3 Å². The summed E-state index contributed by atoms with van der Waals surface area (Å²) >= 11 is 0. The summed E-state index contributed by atoms with van der Waals surface area (Å²) in [5.41, 5.74) is 7.64. The number of fused-ring (bicyclic) bond motifs is 2. The molecule has 2 N–H and O–H groups in total. The molecule has 1 aliphatic rings. The van der Waals surface area contributed by atoms with E-state index >= 15 is 0 Å². The Hall–Kier alpha value is -2.96. The zero-order valence-corrected chi connectivity index (χ0v) is 18.0. The maximum atomic E-state index is 13.1. The van der Waals surface area contributed by atoms with Crippen LogP contribution in [0.1, 0.15) is 62.2 Å². The fraction of sp³-hybridized carbons (Fsp3) is 0.478. The molecule has 0 unspecified atom stereocenters. The third kappa shape index (κ3) is 4.61. The Balaban J connectivity index is 1.92. The largest absolute Gasteiger partial charge is 0.452 e. The molecule has 7 heteroatoms. The molecule has 1 aromatic carbocycles. The first kappa shape index (κ1) is 21.7. The lowest BCUT2D eigenvalue weighted by atomic mass is 9.68. The number of benzene rings is 1. The first-order valence-electron chi connectivity index (χ1n) is 10.4. The summed E-state index contributed by atoms with van der Waals surface area (Å²) in [6.45, 7) is 7.52. The van der Waals surface area contributed by atoms with Gasteiger partial charge in [0, 0.05) is 18.0 Å². The highest BCUT2D eigenvalue weighted by atomic mass is 16.5. The fourth-order valence-corrected chi connectivity index (χ4v) is 3.97. The summed E-state index contributed by atoms with van der Waals surface area (Å²) in [6, 6.07) is 7.51. The number of aryl methyl sites for hydroxylation is 1. The number of amides is 2. The Morgan fingerprint density at radius 3 is 2.63 bits per heavy atom. The van der Waals surface area contributed by atoms with E-state index in [0.717, 1.165) is 47.8 Å². The van der Waals surface area contributed by atoms with E-state index < -0.39 is 24.4 Å². The van der Waals surface area contributed by atoms with Gasteiger partial charge in [-0.05, 0) is 42.2 Å². The maximum Gasteiger partial charge on any atom is 0.339 e. The van der Waals surface area contributed by atoms with Crippen LogP contribution in [-0.2, 0) is 27.2 Å². The van der Waals surface area contributed by atoms with E-state index in [1.807, 2.05) is 24.3 Å². The minimum atomic E-state index is -0.601. The Bertz CT molecular complexity index is 984. The number of rotatable bonds is 5. The van der Waals surface area contributed by atoms with Gasteiger partial charge in [0.15, 0.2) is 6.61 Å². The van der Waals surface area contributed by atoms with Gasteiger partial charge in [0.05, 0.1) is 11.1 Å².